The summed E-state index contributed by atoms with van der Waals surface area (Å²) in [5, 5.41) is 6.22. The van der Waals surface area contributed by atoms with Gasteiger partial charge in [0.2, 0.25) is 0 Å². The minimum absolute atomic E-state index is 0.113. The molecule has 3 heterocycles. The van der Waals surface area contributed by atoms with Crippen LogP contribution in [0.15, 0.2) is 36.5 Å². The number of pyridine rings is 1. The second-order valence-electron chi connectivity index (χ2n) is 11.8. The Kier molecular flexibility index (Phi) is 5.51. The Balaban J connectivity index is 1.10. The topological polar surface area (TPSA) is 78.7 Å². The molecule has 2 N–H and O–H groups in total. The van der Waals surface area contributed by atoms with E-state index in [1.54, 1.807) is 16.7 Å². The van der Waals surface area contributed by atoms with Gasteiger partial charge < -0.3 is 15.5 Å². The van der Waals surface area contributed by atoms with E-state index in [9.17, 15) is 9.59 Å². The van der Waals surface area contributed by atoms with Crippen molar-refractivity contribution in [3.8, 4) is 0 Å². The van der Waals surface area contributed by atoms with Crippen molar-refractivity contribution in [2.24, 2.45) is 22.7 Å². The lowest BCUT2D eigenvalue weighted by molar-refractivity contribution is 0.0895. The number of hydrogen-bond donors (Lipinski definition) is 2. The van der Waals surface area contributed by atoms with E-state index < -0.39 is 0 Å². The summed E-state index contributed by atoms with van der Waals surface area (Å²) in [5.74, 6) is 1.09. The van der Waals surface area contributed by atoms with E-state index in [-0.39, 0.29) is 17.2 Å². The van der Waals surface area contributed by atoms with Crippen molar-refractivity contribution in [1.82, 2.24) is 24.9 Å². The molecule has 0 aromatic carbocycles. The maximum absolute atomic E-state index is 13.2. The number of nitrogens with zero attached hydrogens (tertiary/aromatic N) is 3. The summed E-state index contributed by atoms with van der Waals surface area (Å²) in [7, 11) is 0. The number of fused-ring (bicyclic) bond motifs is 5. The predicted molar refractivity (Wildman–Crippen MR) is 135 cm³/mol. The van der Waals surface area contributed by atoms with E-state index in [0.29, 0.717) is 41.5 Å². The van der Waals surface area contributed by atoms with Crippen molar-refractivity contribution < 1.29 is 9.59 Å². The van der Waals surface area contributed by atoms with Crippen LogP contribution in [0.25, 0.3) is 5.65 Å². The van der Waals surface area contributed by atoms with Crippen LogP contribution >= 0.6 is 0 Å². The molecule has 4 aliphatic rings. The lowest BCUT2D eigenvalue weighted by atomic mass is 9.71. The lowest BCUT2D eigenvalue weighted by Crippen LogP contribution is -2.39. The fraction of sp³-hybridized carbons (Fsp3) is 0.607. The van der Waals surface area contributed by atoms with Gasteiger partial charge in [-0.25, -0.2) is 4.98 Å². The highest BCUT2D eigenvalue weighted by atomic mass is 16.2. The van der Waals surface area contributed by atoms with Gasteiger partial charge in [0.1, 0.15) is 17.0 Å². The number of imidazole rings is 1. The quantitative estimate of drug-likeness (QED) is 0.599. The van der Waals surface area contributed by atoms with Crippen LogP contribution in [0, 0.1) is 22.7 Å². The Hall–Kier alpha value is -2.67. The largest absolute Gasteiger partial charge is 0.350 e. The summed E-state index contributed by atoms with van der Waals surface area (Å²) in [5.41, 5.74) is 3.47. The van der Waals surface area contributed by atoms with Gasteiger partial charge in [0.15, 0.2) is 0 Å². The van der Waals surface area contributed by atoms with Gasteiger partial charge in [-0.3, -0.25) is 14.0 Å². The van der Waals surface area contributed by atoms with Crippen molar-refractivity contribution in [3.63, 3.8) is 0 Å². The third kappa shape index (κ3) is 4.07. The molecule has 2 amide bonds. The Labute approximate surface area is 207 Å². The van der Waals surface area contributed by atoms with Crippen LogP contribution < -0.4 is 10.6 Å². The minimum Gasteiger partial charge on any atom is -0.350 e. The van der Waals surface area contributed by atoms with Crippen molar-refractivity contribution in [2.45, 2.75) is 51.9 Å². The van der Waals surface area contributed by atoms with Crippen molar-refractivity contribution in [1.29, 1.82) is 0 Å². The Morgan fingerprint density at radius 3 is 2.77 bits per heavy atom. The Bertz CT molecular complexity index is 1180. The number of rotatable bonds is 7. The maximum atomic E-state index is 13.2. The average molecular weight is 476 g/mol. The molecule has 2 aromatic heterocycles. The van der Waals surface area contributed by atoms with Crippen molar-refractivity contribution in [3.05, 3.63) is 47.9 Å². The number of hydrogen-bond acceptors (Lipinski definition) is 4. The fourth-order valence-corrected chi connectivity index (χ4v) is 7.31. The molecular weight excluding hydrogens is 438 g/mol. The van der Waals surface area contributed by atoms with Crippen LogP contribution in [0.1, 0.15) is 72.8 Å². The standard InChI is InChI=1S/C28H37N5O2/c1-19-13-28(15-20-14-27(20,2)21(19)16-28)18-30-26(35)23-7-6-8-24-31-22(17-33(23)24)25(34)29-9-12-32-10-4-3-5-11-32/h6-8,17,20-21H,1,3-5,9-16,18H2,2H3,(H,29,34)(H,30,35). The number of nitrogens with one attached hydrogen (secondary N) is 2. The second kappa shape index (κ2) is 8.47. The van der Waals surface area contributed by atoms with Crippen LogP contribution in [0.5, 0.6) is 0 Å². The molecule has 2 aromatic rings. The summed E-state index contributed by atoms with van der Waals surface area (Å²) in [4.78, 5) is 32.9. The van der Waals surface area contributed by atoms with E-state index in [1.165, 1.54) is 37.7 Å². The first-order chi connectivity index (χ1) is 16.9. The van der Waals surface area contributed by atoms with Gasteiger partial charge in [-0.1, -0.05) is 31.6 Å². The molecule has 1 aliphatic heterocycles. The fourth-order valence-electron chi connectivity index (χ4n) is 7.31. The first kappa shape index (κ1) is 22.8. The van der Waals surface area contributed by atoms with Gasteiger partial charge >= 0.3 is 0 Å². The Morgan fingerprint density at radius 2 is 1.94 bits per heavy atom. The number of likely N-dealkylation sites (tertiary alicyclic amines) is 1. The summed E-state index contributed by atoms with van der Waals surface area (Å²) < 4.78 is 1.74. The molecule has 186 valence electrons. The molecule has 1 saturated heterocycles. The smallest absolute Gasteiger partial charge is 0.271 e. The average Bonchev–Trinajstić information content (AvgIpc) is 3.19. The molecule has 7 nitrogen and oxygen atoms in total. The number of carbonyl (C=O) groups is 2. The molecule has 0 spiro atoms. The number of carbonyl (C=O) groups excluding carboxylic acids is 2. The molecule has 7 heteroatoms. The zero-order valence-corrected chi connectivity index (χ0v) is 20.8. The van der Waals surface area contributed by atoms with Gasteiger partial charge in [0.05, 0.1) is 0 Å². The third-order valence-corrected chi connectivity index (χ3v) is 9.41. The molecule has 4 unspecified atom stereocenters. The molecule has 3 aliphatic carbocycles. The number of allylic oxidation sites excluding steroid dienone is 1. The van der Waals surface area contributed by atoms with Gasteiger partial charge in [-0.2, -0.15) is 0 Å². The highest BCUT2D eigenvalue weighted by molar-refractivity contribution is 5.95. The summed E-state index contributed by atoms with van der Waals surface area (Å²) in [6.07, 6.45) is 10.1. The summed E-state index contributed by atoms with van der Waals surface area (Å²) in [6.45, 7) is 11.2. The number of aromatic nitrogens is 2. The zero-order chi connectivity index (χ0) is 24.2. The zero-order valence-electron chi connectivity index (χ0n) is 20.8. The highest BCUT2D eigenvalue weighted by Crippen LogP contribution is 2.73. The first-order valence-electron chi connectivity index (χ1n) is 13.3. The minimum atomic E-state index is -0.193. The van der Waals surface area contributed by atoms with Gasteiger partial charge in [0, 0.05) is 25.8 Å². The molecule has 35 heavy (non-hydrogen) atoms. The van der Waals surface area contributed by atoms with Gasteiger partial charge in [0.25, 0.3) is 11.8 Å². The van der Waals surface area contributed by atoms with Crippen LogP contribution in [-0.4, -0.2) is 58.8 Å². The van der Waals surface area contributed by atoms with E-state index in [2.05, 4.69) is 34.0 Å². The lowest BCUT2D eigenvalue weighted by Gasteiger charge is -2.35. The number of piperidine rings is 1. The molecular formula is C28H37N5O2. The maximum Gasteiger partial charge on any atom is 0.271 e. The van der Waals surface area contributed by atoms with Crippen LogP contribution in [-0.2, 0) is 0 Å². The van der Waals surface area contributed by atoms with Gasteiger partial charge in [-0.05, 0) is 86.4 Å². The predicted octanol–water partition coefficient (Wildman–Crippen LogP) is 3.66. The van der Waals surface area contributed by atoms with Crippen molar-refractivity contribution in [2.75, 3.05) is 32.7 Å². The Morgan fingerprint density at radius 1 is 1.11 bits per heavy atom. The molecule has 0 radical (unpaired) electrons. The molecule has 4 atom stereocenters. The van der Waals surface area contributed by atoms with Crippen LogP contribution in [0.3, 0.4) is 0 Å². The molecule has 4 fully saturated rings. The number of amides is 2. The van der Waals surface area contributed by atoms with E-state index >= 15 is 0 Å². The molecule has 2 bridgehead atoms. The van der Waals surface area contributed by atoms with Crippen LogP contribution in [0.2, 0.25) is 0 Å². The van der Waals surface area contributed by atoms with E-state index in [1.807, 2.05) is 12.1 Å². The highest BCUT2D eigenvalue weighted by Gasteiger charge is 2.65. The first-order valence-corrected chi connectivity index (χ1v) is 13.3. The van der Waals surface area contributed by atoms with E-state index in [4.69, 9.17) is 0 Å². The van der Waals surface area contributed by atoms with Crippen molar-refractivity contribution >= 4 is 17.5 Å². The second-order valence-corrected chi connectivity index (χ2v) is 11.8. The molecule has 6 rings (SSSR count). The third-order valence-electron chi connectivity index (χ3n) is 9.41. The summed E-state index contributed by atoms with van der Waals surface area (Å²) in [6, 6.07) is 5.47. The SMILES string of the molecule is C=C1CC2(CNC(=O)c3cccc4nc(C(=O)NCCN5CCCCC5)cn34)CC3CC3(C)C1C2. The van der Waals surface area contributed by atoms with E-state index in [0.717, 1.165) is 38.4 Å². The van der Waals surface area contributed by atoms with Gasteiger partial charge in [-0.15, -0.1) is 0 Å². The monoisotopic (exact) mass is 475 g/mol. The molecule has 3 saturated carbocycles. The van der Waals surface area contributed by atoms with Crippen LogP contribution in [0.4, 0.5) is 0 Å². The summed E-state index contributed by atoms with van der Waals surface area (Å²) >= 11 is 0. The normalized spacial score (nSPS) is 31.9.